The van der Waals surface area contributed by atoms with Crippen LogP contribution in [0.15, 0.2) is 47.6 Å². The minimum absolute atomic E-state index is 0.0988. The lowest BCUT2D eigenvalue weighted by molar-refractivity contribution is -0.384. The molecule has 1 heterocycles. The molecule has 0 bridgehead atoms. The Morgan fingerprint density at radius 2 is 2.03 bits per heavy atom. The number of nitro groups is 1. The maximum atomic E-state index is 12.1. The van der Waals surface area contributed by atoms with Crippen molar-refractivity contribution in [2.45, 2.75) is 17.3 Å². The summed E-state index contributed by atoms with van der Waals surface area (Å²) in [7, 11) is 1.53. The summed E-state index contributed by atoms with van der Waals surface area (Å²) in [6.07, 6.45) is 0. The zero-order chi connectivity index (χ0) is 21.1. The number of imidazole rings is 1. The molecule has 0 unspecified atom stereocenters. The minimum atomic E-state index is -0.948. The summed E-state index contributed by atoms with van der Waals surface area (Å²) in [5.41, 5.74) is 6.55. The quantitative estimate of drug-likeness (QED) is 0.358. The molecular weight excluding hydrogens is 398 g/mol. The van der Waals surface area contributed by atoms with Gasteiger partial charge in [-0.1, -0.05) is 23.9 Å². The highest BCUT2D eigenvalue weighted by Crippen LogP contribution is 2.35. The Morgan fingerprint density at radius 3 is 2.69 bits per heavy atom. The topological polar surface area (TPSA) is 142 Å². The van der Waals surface area contributed by atoms with Crippen molar-refractivity contribution in [2.75, 3.05) is 7.11 Å². The molecule has 0 saturated heterocycles. The first kappa shape index (κ1) is 20.1. The van der Waals surface area contributed by atoms with Gasteiger partial charge in [0.05, 0.1) is 34.0 Å². The highest BCUT2D eigenvalue weighted by molar-refractivity contribution is 8.00. The van der Waals surface area contributed by atoms with Crippen LogP contribution < -0.4 is 15.8 Å². The second-order valence-corrected chi connectivity index (χ2v) is 7.25. The zero-order valence-corrected chi connectivity index (χ0v) is 16.3. The highest BCUT2D eigenvalue weighted by Gasteiger charge is 2.23. The van der Waals surface area contributed by atoms with Gasteiger partial charge in [-0.05, 0) is 25.1 Å². The number of hydrogen-bond acceptors (Lipinski definition) is 7. The van der Waals surface area contributed by atoms with Crippen molar-refractivity contribution in [3.63, 3.8) is 0 Å². The smallest absolute Gasteiger partial charge is 0.318 e. The molecule has 0 fully saturated rings. The van der Waals surface area contributed by atoms with Crippen LogP contribution in [0, 0.1) is 10.1 Å². The van der Waals surface area contributed by atoms with Gasteiger partial charge in [0.1, 0.15) is 5.75 Å². The van der Waals surface area contributed by atoms with Crippen molar-refractivity contribution >= 4 is 40.4 Å². The molecule has 1 atom stereocenters. The third-order valence-corrected chi connectivity index (χ3v) is 5.09. The number of para-hydroxylation sites is 2. The van der Waals surface area contributed by atoms with Gasteiger partial charge in [0.2, 0.25) is 5.91 Å². The first-order chi connectivity index (χ1) is 13.8. The van der Waals surface area contributed by atoms with Crippen LogP contribution in [0.25, 0.3) is 16.7 Å². The van der Waals surface area contributed by atoms with Crippen molar-refractivity contribution in [3.05, 3.63) is 52.6 Å². The Balaban J connectivity index is 2.15. The number of urea groups is 1. The molecule has 0 saturated carbocycles. The predicted molar refractivity (Wildman–Crippen MR) is 107 cm³/mol. The number of nitrogens with one attached hydrogen (secondary N) is 1. The SMILES string of the molecule is COc1ccccc1-n1c(S[C@H](C)C(=O)NC(N)=O)nc2cc([N+](=O)[O-])ccc21. The van der Waals surface area contributed by atoms with Crippen LogP contribution in [0.3, 0.4) is 0 Å². The number of hydrogen-bond donors (Lipinski definition) is 2. The summed E-state index contributed by atoms with van der Waals surface area (Å²) in [6.45, 7) is 1.59. The van der Waals surface area contributed by atoms with Crippen molar-refractivity contribution in [1.29, 1.82) is 0 Å². The van der Waals surface area contributed by atoms with Gasteiger partial charge < -0.3 is 10.5 Å². The van der Waals surface area contributed by atoms with Gasteiger partial charge in [-0.15, -0.1) is 0 Å². The number of nitrogens with two attached hydrogens (primary N) is 1. The first-order valence-corrected chi connectivity index (χ1v) is 9.27. The number of primary amides is 1. The summed E-state index contributed by atoms with van der Waals surface area (Å²) in [4.78, 5) is 38.2. The van der Waals surface area contributed by atoms with Crippen molar-refractivity contribution in [2.24, 2.45) is 5.73 Å². The van der Waals surface area contributed by atoms with E-state index in [0.29, 0.717) is 27.6 Å². The lowest BCUT2D eigenvalue weighted by atomic mass is 10.2. The highest BCUT2D eigenvalue weighted by atomic mass is 32.2. The summed E-state index contributed by atoms with van der Waals surface area (Å²) in [5.74, 6) is -0.0200. The summed E-state index contributed by atoms with van der Waals surface area (Å²) in [6, 6.07) is 10.6. The fourth-order valence-corrected chi connectivity index (χ4v) is 3.66. The zero-order valence-electron chi connectivity index (χ0n) is 15.5. The van der Waals surface area contributed by atoms with Crippen LogP contribution in [0.4, 0.5) is 10.5 Å². The molecule has 3 amide bonds. The molecule has 0 spiro atoms. The molecule has 3 rings (SSSR count). The molecule has 3 aromatic rings. The Kier molecular flexibility index (Phi) is 5.69. The van der Waals surface area contributed by atoms with E-state index in [4.69, 9.17) is 10.5 Å². The van der Waals surface area contributed by atoms with Crippen LogP contribution in [-0.4, -0.2) is 38.8 Å². The predicted octanol–water partition coefficient (Wildman–Crippen LogP) is 2.62. The molecule has 0 aliphatic carbocycles. The van der Waals surface area contributed by atoms with E-state index in [1.807, 2.05) is 17.4 Å². The lowest BCUT2D eigenvalue weighted by Gasteiger charge is -2.14. The van der Waals surface area contributed by atoms with Gasteiger partial charge in [-0.3, -0.25) is 24.8 Å². The Morgan fingerprint density at radius 1 is 1.31 bits per heavy atom. The number of ether oxygens (including phenoxy) is 1. The molecule has 0 aliphatic rings. The van der Waals surface area contributed by atoms with E-state index in [1.165, 1.54) is 19.2 Å². The number of rotatable bonds is 6. The fraction of sp³-hybridized carbons (Fsp3) is 0.167. The first-order valence-electron chi connectivity index (χ1n) is 8.39. The number of amides is 3. The average Bonchev–Trinajstić information content (AvgIpc) is 3.03. The number of benzene rings is 2. The van der Waals surface area contributed by atoms with E-state index in [1.54, 1.807) is 29.7 Å². The average molecular weight is 415 g/mol. The third-order valence-electron chi connectivity index (χ3n) is 4.04. The Labute approximate surface area is 169 Å². The molecular formula is C18H17N5O5S. The van der Waals surface area contributed by atoms with Crippen molar-refractivity contribution in [3.8, 4) is 11.4 Å². The second kappa shape index (κ2) is 8.19. The molecule has 29 heavy (non-hydrogen) atoms. The van der Waals surface area contributed by atoms with Gasteiger partial charge in [0.25, 0.3) is 5.69 Å². The number of fused-ring (bicyclic) bond motifs is 1. The van der Waals surface area contributed by atoms with E-state index in [-0.39, 0.29) is 5.69 Å². The van der Waals surface area contributed by atoms with Gasteiger partial charge in [-0.25, -0.2) is 9.78 Å². The van der Waals surface area contributed by atoms with Gasteiger partial charge >= 0.3 is 6.03 Å². The van der Waals surface area contributed by atoms with Gasteiger partial charge in [0, 0.05) is 12.1 Å². The van der Waals surface area contributed by atoms with Gasteiger partial charge in [-0.2, -0.15) is 0 Å². The molecule has 1 aromatic heterocycles. The monoisotopic (exact) mass is 415 g/mol. The number of carbonyl (C=O) groups excluding carboxylic acids is 2. The molecule has 150 valence electrons. The third kappa shape index (κ3) is 4.14. The number of thioether (sulfide) groups is 1. The summed E-state index contributed by atoms with van der Waals surface area (Å²) in [5, 5.41) is 12.9. The number of nitrogens with zero attached hydrogens (tertiary/aromatic N) is 3. The van der Waals surface area contributed by atoms with E-state index in [9.17, 15) is 19.7 Å². The molecule has 2 aromatic carbocycles. The Bertz CT molecular complexity index is 1110. The van der Waals surface area contributed by atoms with Crippen molar-refractivity contribution < 1.29 is 19.2 Å². The second-order valence-electron chi connectivity index (χ2n) is 5.95. The molecule has 10 nitrogen and oxygen atoms in total. The Hall–Kier alpha value is -3.60. The molecule has 3 N–H and O–H groups in total. The number of carbonyl (C=O) groups is 2. The normalized spacial score (nSPS) is 11.8. The van der Waals surface area contributed by atoms with Crippen LogP contribution >= 0.6 is 11.8 Å². The van der Waals surface area contributed by atoms with E-state index in [2.05, 4.69) is 4.98 Å². The number of nitro benzene ring substituents is 1. The number of aromatic nitrogens is 2. The summed E-state index contributed by atoms with van der Waals surface area (Å²) < 4.78 is 7.18. The molecule has 0 aliphatic heterocycles. The largest absolute Gasteiger partial charge is 0.495 e. The van der Waals surface area contributed by atoms with Crippen LogP contribution in [0.5, 0.6) is 5.75 Å². The van der Waals surface area contributed by atoms with E-state index < -0.39 is 22.1 Å². The van der Waals surface area contributed by atoms with Crippen LogP contribution in [0.2, 0.25) is 0 Å². The molecule has 11 heteroatoms. The maximum Gasteiger partial charge on any atom is 0.318 e. The van der Waals surface area contributed by atoms with Crippen LogP contribution in [0.1, 0.15) is 6.92 Å². The minimum Gasteiger partial charge on any atom is -0.495 e. The fourth-order valence-electron chi connectivity index (χ4n) is 2.72. The van der Waals surface area contributed by atoms with Crippen molar-refractivity contribution in [1.82, 2.24) is 14.9 Å². The van der Waals surface area contributed by atoms with Gasteiger partial charge in [0.15, 0.2) is 5.16 Å². The van der Waals surface area contributed by atoms with E-state index >= 15 is 0 Å². The maximum absolute atomic E-state index is 12.1. The number of imide groups is 1. The number of non-ortho nitro benzene ring substituents is 1. The summed E-state index contributed by atoms with van der Waals surface area (Å²) >= 11 is 1.08. The van der Waals surface area contributed by atoms with E-state index in [0.717, 1.165) is 11.8 Å². The molecule has 0 radical (unpaired) electrons. The van der Waals surface area contributed by atoms with Crippen LogP contribution in [-0.2, 0) is 4.79 Å². The standard InChI is InChI=1S/C18H17N5O5S/c1-10(16(24)21-17(19)25)29-18-20-12-9-11(23(26)27)7-8-13(12)22(18)14-5-3-4-6-15(14)28-2/h3-10H,1-2H3,(H3,19,21,24,25)/t10-/m1/s1. The number of methoxy groups -OCH3 is 1. The lowest BCUT2D eigenvalue weighted by Crippen LogP contribution is -2.39.